The lowest BCUT2D eigenvalue weighted by molar-refractivity contribution is 0.509. The number of guanidine groups is 1. The topological polar surface area (TPSA) is 110 Å². The van der Waals surface area contributed by atoms with E-state index in [9.17, 15) is 13.2 Å². The Hall–Kier alpha value is -2.62. The molecule has 0 amide bonds. The van der Waals surface area contributed by atoms with E-state index in [1.54, 1.807) is 35.4 Å². The van der Waals surface area contributed by atoms with Crippen LogP contribution in [0.3, 0.4) is 0 Å². The lowest BCUT2D eigenvalue weighted by Crippen LogP contribution is -2.38. The van der Waals surface area contributed by atoms with Crippen LogP contribution in [-0.4, -0.2) is 48.6 Å². The number of aryl methyl sites for hydroxylation is 3. The van der Waals surface area contributed by atoms with E-state index >= 15 is 0 Å². The summed E-state index contributed by atoms with van der Waals surface area (Å²) in [6.45, 7) is 4.31. The Kier molecular flexibility index (Phi) is 6.96. The van der Waals surface area contributed by atoms with Gasteiger partial charge in [-0.25, -0.2) is 17.9 Å². The molecule has 0 atom stereocenters. The van der Waals surface area contributed by atoms with E-state index in [2.05, 4.69) is 20.7 Å². The largest absolute Gasteiger partial charge is 0.356 e. The van der Waals surface area contributed by atoms with Crippen LogP contribution in [0.1, 0.15) is 36.2 Å². The lowest BCUT2D eigenvalue weighted by atomic mass is 10.1. The molecule has 0 unspecified atom stereocenters. The number of hydrogen-bond acceptors (Lipinski definition) is 5. The number of sulfone groups is 1. The molecule has 164 valence electrons. The minimum Gasteiger partial charge on any atom is -0.356 e. The van der Waals surface area contributed by atoms with Crippen molar-refractivity contribution >= 4 is 15.8 Å². The van der Waals surface area contributed by atoms with Crippen molar-refractivity contribution in [3.63, 3.8) is 0 Å². The van der Waals surface area contributed by atoms with Crippen LogP contribution in [0.2, 0.25) is 0 Å². The smallest absolute Gasteiger partial charge is 0.345 e. The normalized spacial score (nSPS) is 14.4. The second kappa shape index (κ2) is 9.46. The monoisotopic (exact) mass is 434 g/mol. The summed E-state index contributed by atoms with van der Waals surface area (Å²) in [5.74, 6) is 1.55. The molecule has 10 heteroatoms. The second-order valence-electron chi connectivity index (χ2n) is 7.61. The zero-order chi connectivity index (χ0) is 21.7. The predicted octanol–water partition coefficient (Wildman–Crippen LogP) is 0.848. The maximum atomic E-state index is 12.3. The number of nitrogens with one attached hydrogen (secondary N) is 2. The van der Waals surface area contributed by atoms with Crippen molar-refractivity contribution in [3.8, 4) is 0 Å². The number of aromatic nitrogens is 3. The molecular weight excluding hydrogens is 404 g/mol. The van der Waals surface area contributed by atoms with Crippen LogP contribution in [0.25, 0.3) is 0 Å². The highest BCUT2D eigenvalue weighted by molar-refractivity contribution is 7.90. The lowest BCUT2D eigenvalue weighted by Gasteiger charge is -2.13. The molecule has 2 aromatic rings. The summed E-state index contributed by atoms with van der Waals surface area (Å²) in [7, 11) is -1.52. The van der Waals surface area contributed by atoms with Crippen LogP contribution in [0.15, 0.2) is 32.9 Å². The van der Waals surface area contributed by atoms with E-state index in [-0.39, 0.29) is 5.69 Å². The molecule has 1 aromatic heterocycles. The fourth-order valence-corrected chi connectivity index (χ4v) is 4.63. The van der Waals surface area contributed by atoms with Gasteiger partial charge in [-0.05, 0) is 43.4 Å². The van der Waals surface area contributed by atoms with Gasteiger partial charge in [0.15, 0.2) is 15.8 Å². The van der Waals surface area contributed by atoms with Gasteiger partial charge in [-0.15, -0.1) is 0 Å². The molecule has 0 spiro atoms. The van der Waals surface area contributed by atoms with Crippen LogP contribution in [0, 0.1) is 6.92 Å². The number of aliphatic imine (C=N–C) groups is 1. The zero-order valence-corrected chi connectivity index (χ0v) is 18.6. The Morgan fingerprint density at radius 2 is 2.07 bits per heavy atom. The van der Waals surface area contributed by atoms with Gasteiger partial charge in [-0.1, -0.05) is 12.1 Å². The third kappa shape index (κ3) is 5.29. The van der Waals surface area contributed by atoms with Gasteiger partial charge in [0.05, 0.1) is 4.90 Å². The van der Waals surface area contributed by atoms with E-state index in [4.69, 9.17) is 0 Å². The molecule has 0 fully saturated rings. The quantitative estimate of drug-likeness (QED) is 0.380. The number of hydrogen-bond donors (Lipinski definition) is 2. The Morgan fingerprint density at radius 1 is 1.27 bits per heavy atom. The molecular formula is C20H30N6O3S. The van der Waals surface area contributed by atoms with Crippen LogP contribution in [-0.2, 0) is 35.9 Å². The first-order chi connectivity index (χ1) is 14.3. The van der Waals surface area contributed by atoms with Crippen LogP contribution >= 0.6 is 0 Å². The molecule has 1 aliphatic rings. The third-order valence-electron chi connectivity index (χ3n) is 5.19. The van der Waals surface area contributed by atoms with Gasteiger partial charge in [0, 0.05) is 45.9 Å². The summed E-state index contributed by atoms with van der Waals surface area (Å²) in [5.41, 5.74) is 1.69. The highest BCUT2D eigenvalue weighted by Crippen LogP contribution is 2.16. The Bertz CT molecular complexity index is 1080. The maximum absolute atomic E-state index is 12.3. The average molecular weight is 435 g/mol. The average Bonchev–Trinajstić information content (AvgIpc) is 3.02. The molecule has 2 N–H and O–H groups in total. The van der Waals surface area contributed by atoms with Gasteiger partial charge in [0.2, 0.25) is 0 Å². The van der Waals surface area contributed by atoms with E-state index in [1.165, 1.54) is 6.26 Å². The Labute approximate surface area is 177 Å². The number of benzene rings is 1. The second-order valence-corrected chi connectivity index (χ2v) is 9.59. The summed E-state index contributed by atoms with van der Waals surface area (Å²) in [6.07, 6.45) is 4.97. The van der Waals surface area contributed by atoms with Gasteiger partial charge in [0.25, 0.3) is 0 Å². The zero-order valence-electron chi connectivity index (χ0n) is 17.8. The van der Waals surface area contributed by atoms with Gasteiger partial charge >= 0.3 is 5.69 Å². The van der Waals surface area contributed by atoms with E-state index < -0.39 is 9.84 Å². The van der Waals surface area contributed by atoms with Crippen LogP contribution in [0.4, 0.5) is 0 Å². The molecule has 0 saturated carbocycles. The van der Waals surface area contributed by atoms with Crippen molar-refractivity contribution in [2.24, 2.45) is 4.99 Å². The molecule has 1 aliphatic heterocycles. The molecule has 0 bridgehead atoms. The molecule has 2 heterocycles. The van der Waals surface area contributed by atoms with Crippen LogP contribution < -0.4 is 16.3 Å². The van der Waals surface area contributed by atoms with Crippen molar-refractivity contribution < 1.29 is 8.42 Å². The standard InChI is InChI=1S/C20H30N6O3S/c1-15-13-16(8-9-17(15)30(3,28)29)14-23-19(21-2)22-10-6-12-26-20(27)25-11-5-4-7-18(25)24-26/h8-9,13H,4-7,10-12,14H2,1-3H3,(H2,21,22,23). The number of rotatable bonds is 7. The highest BCUT2D eigenvalue weighted by Gasteiger charge is 2.16. The van der Waals surface area contributed by atoms with E-state index in [0.717, 1.165) is 49.2 Å². The fraction of sp³-hybridized carbons (Fsp3) is 0.550. The molecule has 9 nitrogen and oxygen atoms in total. The minimum absolute atomic E-state index is 0.0138. The van der Waals surface area contributed by atoms with Gasteiger partial charge in [-0.3, -0.25) is 9.56 Å². The summed E-state index contributed by atoms with van der Waals surface area (Å²) in [5, 5.41) is 10.9. The summed E-state index contributed by atoms with van der Waals surface area (Å²) >= 11 is 0. The molecule has 3 rings (SSSR count). The van der Waals surface area contributed by atoms with E-state index in [0.29, 0.717) is 30.5 Å². The Morgan fingerprint density at radius 3 is 2.73 bits per heavy atom. The van der Waals surface area contributed by atoms with Gasteiger partial charge < -0.3 is 10.6 Å². The number of nitrogens with zero attached hydrogens (tertiary/aromatic N) is 4. The van der Waals surface area contributed by atoms with Crippen molar-refractivity contribution in [1.29, 1.82) is 0 Å². The first-order valence-corrected chi connectivity index (χ1v) is 12.1. The predicted molar refractivity (Wildman–Crippen MR) is 117 cm³/mol. The summed E-state index contributed by atoms with van der Waals surface area (Å²) in [6, 6.07) is 5.31. The molecule has 30 heavy (non-hydrogen) atoms. The first kappa shape index (κ1) is 22.1. The van der Waals surface area contributed by atoms with Crippen molar-refractivity contribution in [2.75, 3.05) is 19.8 Å². The number of fused-ring (bicyclic) bond motifs is 1. The SMILES string of the molecule is CN=C(NCCCn1nc2n(c1=O)CCCC2)NCc1ccc(S(C)(=O)=O)c(C)c1. The fourth-order valence-electron chi connectivity index (χ4n) is 3.67. The van der Waals surface area contributed by atoms with Crippen molar-refractivity contribution in [1.82, 2.24) is 25.0 Å². The molecule has 0 saturated heterocycles. The van der Waals surface area contributed by atoms with Crippen molar-refractivity contribution in [3.05, 3.63) is 45.6 Å². The van der Waals surface area contributed by atoms with Crippen LogP contribution in [0.5, 0.6) is 0 Å². The van der Waals surface area contributed by atoms with Gasteiger partial charge in [-0.2, -0.15) is 5.10 Å². The first-order valence-electron chi connectivity index (χ1n) is 10.2. The maximum Gasteiger partial charge on any atom is 0.345 e. The molecule has 0 radical (unpaired) electrons. The van der Waals surface area contributed by atoms with Gasteiger partial charge in [0.1, 0.15) is 5.82 Å². The summed E-state index contributed by atoms with van der Waals surface area (Å²) in [4.78, 5) is 16.9. The minimum atomic E-state index is -3.22. The van der Waals surface area contributed by atoms with E-state index in [1.807, 2.05) is 6.07 Å². The Balaban J connectivity index is 1.47. The molecule has 0 aliphatic carbocycles. The summed E-state index contributed by atoms with van der Waals surface area (Å²) < 4.78 is 26.8. The van der Waals surface area contributed by atoms with Crippen molar-refractivity contribution in [2.45, 2.75) is 57.1 Å². The molecule has 1 aromatic carbocycles. The third-order valence-corrected chi connectivity index (χ3v) is 6.45. The highest BCUT2D eigenvalue weighted by atomic mass is 32.2.